The van der Waals surface area contributed by atoms with Gasteiger partial charge in [-0.3, -0.25) is 9.89 Å². The van der Waals surface area contributed by atoms with E-state index in [1.807, 2.05) is 0 Å². The Morgan fingerprint density at radius 3 is 2.65 bits per heavy atom. The highest BCUT2D eigenvalue weighted by molar-refractivity contribution is 5.80. The van der Waals surface area contributed by atoms with Crippen LogP contribution in [0.1, 0.15) is 11.1 Å². The van der Waals surface area contributed by atoms with Crippen molar-refractivity contribution in [3.8, 4) is 11.1 Å². The number of carboxylic acid groups (broad SMARTS) is 1. The van der Waals surface area contributed by atoms with E-state index in [4.69, 9.17) is 5.11 Å². The maximum absolute atomic E-state index is 13.2. The van der Waals surface area contributed by atoms with Crippen molar-refractivity contribution in [3.05, 3.63) is 47.8 Å². The van der Waals surface area contributed by atoms with Gasteiger partial charge in [0.1, 0.15) is 0 Å². The Morgan fingerprint density at radius 1 is 1.17 bits per heavy atom. The normalized spacial score (nSPS) is 11.8. The molecule has 3 aromatic rings. The second-order valence-electron chi connectivity index (χ2n) is 4.97. The lowest BCUT2D eigenvalue weighted by Crippen LogP contribution is -2.12. The van der Waals surface area contributed by atoms with E-state index in [0.29, 0.717) is 22.2 Å². The number of nitrogens with zero attached hydrogens (tertiary/aromatic N) is 2. The molecule has 118 valence electrons. The van der Waals surface area contributed by atoms with Gasteiger partial charge in [-0.25, -0.2) is 4.98 Å². The van der Waals surface area contributed by atoms with Crippen LogP contribution in [0.15, 0.2) is 36.7 Å². The fourth-order valence-electron chi connectivity index (χ4n) is 2.33. The number of hydrogen-bond donors (Lipinski definition) is 2. The summed E-state index contributed by atoms with van der Waals surface area (Å²) >= 11 is 0. The number of hydrogen-bond acceptors (Lipinski definition) is 3. The topological polar surface area (TPSA) is 78.9 Å². The average Bonchev–Trinajstić information content (AvgIpc) is 2.93. The number of fused-ring (bicyclic) bond motifs is 1. The summed E-state index contributed by atoms with van der Waals surface area (Å²) in [5.74, 6) is -1.32. The number of aromatic nitrogens is 3. The largest absolute Gasteiger partial charge is 0.481 e. The second-order valence-corrected chi connectivity index (χ2v) is 4.97. The minimum absolute atomic E-state index is 0.272. The van der Waals surface area contributed by atoms with Crippen LogP contribution in [-0.4, -0.2) is 26.3 Å². The minimum Gasteiger partial charge on any atom is -0.481 e. The number of alkyl halides is 3. The number of carbonyl (C=O) groups is 1. The van der Waals surface area contributed by atoms with Gasteiger partial charge in [0.15, 0.2) is 5.65 Å². The minimum atomic E-state index is -4.63. The monoisotopic (exact) mass is 321 g/mol. The van der Waals surface area contributed by atoms with Gasteiger partial charge in [-0.2, -0.15) is 18.3 Å². The average molecular weight is 321 g/mol. The lowest BCUT2D eigenvalue weighted by atomic mass is 9.97. The highest BCUT2D eigenvalue weighted by Gasteiger charge is 2.34. The van der Waals surface area contributed by atoms with Crippen LogP contribution in [0.4, 0.5) is 13.2 Å². The number of pyridine rings is 1. The third-order valence-electron chi connectivity index (χ3n) is 3.38. The van der Waals surface area contributed by atoms with Gasteiger partial charge in [0.25, 0.3) is 0 Å². The SMILES string of the molecule is O=C(O)Cc1ccc(-c2cnc3[nH]ncc3c2)cc1C(F)(F)F. The van der Waals surface area contributed by atoms with Crippen LogP contribution >= 0.6 is 0 Å². The molecule has 0 aliphatic heterocycles. The molecule has 0 aliphatic carbocycles. The van der Waals surface area contributed by atoms with Crippen molar-refractivity contribution in [2.75, 3.05) is 0 Å². The Morgan fingerprint density at radius 2 is 1.96 bits per heavy atom. The first-order chi connectivity index (χ1) is 10.8. The fourth-order valence-corrected chi connectivity index (χ4v) is 2.33. The number of benzene rings is 1. The quantitative estimate of drug-likeness (QED) is 0.776. The molecule has 0 unspecified atom stereocenters. The molecule has 0 spiro atoms. The summed E-state index contributed by atoms with van der Waals surface area (Å²) in [6.07, 6.45) is -2.36. The number of aliphatic carboxylic acids is 1. The van der Waals surface area contributed by atoms with Crippen LogP contribution in [0.25, 0.3) is 22.2 Å². The van der Waals surface area contributed by atoms with Crippen LogP contribution in [0.2, 0.25) is 0 Å². The van der Waals surface area contributed by atoms with Crippen molar-refractivity contribution in [1.29, 1.82) is 0 Å². The summed E-state index contributed by atoms with van der Waals surface area (Å²) in [6, 6.07) is 5.25. The Kier molecular flexibility index (Phi) is 3.51. The molecule has 0 radical (unpaired) electrons. The van der Waals surface area contributed by atoms with E-state index in [1.54, 1.807) is 6.07 Å². The molecule has 2 N–H and O–H groups in total. The fraction of sp³-hybridized carbons (Fsp3) is 0.133. The van der Waals surface area contributed by atoms with E-state index >= 15 is 0 Å². The Hall–Kier alpha value is -2.90. The molecular formula is C15H10F3N3O2. The summed E-state index contributed by atoms with van der Waals surface area (Å²) in [5, 5.41) is 15.9. The number of halogens is 3. The van der Waals surface area contributed by atoms with Crippen molar-refractivity contribution in [3.63, 3.8) is 0 Å². The highest BCUT2D eigenvalue weighted by Crippen LogP contribution is 2.35. The summed E-state index contributed by atoms with van der Waals surface area (Å²) in [6.45, 7) is 0. The molecule has 0 fully saturated rings. The molecule has 5 nitrogen and oxygen atoms in total. The maximum Gasteiger partial charge on any atom is 0.416 e. The molecule has 2 heterocycles. The van der Waals surface area contributed by atoms with E-state index < -0.39 is 24.1 Å². The van der Waals surface area contributed by atoms with Gasteiger partial charge < -0.3 is 5.11 Å². The maximum atomic E-state index is 13.2. The molecule has 2 aromatic heterocycles. The highest BCUT2D eigenvalue weighted by atomic mass is 19.4. The predicted octanol–water partition coefficient (Wildman–Crippen LogP) is 3.27. The third-order valence-corrected chi connectivity index (χ3v) is 3.38. The lowest BCUT2D eigenvalue weighted by Gasteiger charge is -2.13. The van der Waals surface area contributed by atoms with E-state index in [9.17, 15) is 18.0 Å². The summed E-state index contributed by atoms with van der Waals surface area (Å²) < 4.78 is 39.5. The van der Waals surface area contributed by atoms with Crippen molar-refractivity contribution >= 4 is 17.0 Å². The third kappa shape index (κ3) is 3.01. The van der Waals surface area contributed by atoms with Gasteiger partial charge >= 0.3 is 12.1 Å². The van der Waals surface area contributed by atoms with Crippen molar-refractivity contribution in [2.45, 2.75) is 12.6 Å². The zero-order valence-electron chi connectivity index (χ0n) is 11.6. The van der Waals surface area contributed by atoms with Gasteiger partial charge in [0.2, 0.25) is 0 Å². The van der Waals surface area contributed by atoms with E-state index in [-0.39, 0.29) is 5.56 Å². The number of carboxylic acids is 1. The van der Waals surface area contributed by atoms with Crippen molar-refractivity contribution in [2.24, 2.45) is 0 Å². The van der Waals surface area contributed by atoms with Crippen LogP contribution in [0.5, 0.6) is 0 Å². The molecule has 3 rings (SSSR count). The van der Waals surface area contributed by atoms with Gasteiger partial charge in [0.05, 0.1) is 18.2 Å². The van der Waals surface area contributed by atoms with Crippen molar-refractivity contribution in [1.82, 2.24) is 15.2 Å². The van der Waals surface area contributed by atoms with Crippen LogP contribution in [0, 0.1) is 0 Å². The first-order valence-corrected chi connectivity index (χ1v) is 6.56. The molecule has 0 saturated heterocycles. The lowest BCUT2D eigenvalue weighted by molar-refractivity contribution is -0.139. The number of nitrogens with one attached hydrogen (secondary N) is 1. The molecule has 23 heavy (non-hydrogen) atoms. The van der Waals surface area contributed by atoms with Crippen LogP contribution in [0.3, 0.4) is 0 Å². The summed E-state index contributed by atoms with van der Waals surface area (Å²) in [4.78, 5) is 14.8. The van der Waals surface area contributed by atoms with Crippen LogP contribution < -0.4 is 0 Å². The molecule has 0 aliphatic rings. The molecule has 1 aromatic carbocycles. The Bertz CT molecular complexity index is 887. The van der Waals surface area contributed by atoms with Crippen molar-refractivity contribution < 1.29 is 23.1 Å². The van der Waals surface area contributed by atoms with Gasteiger partial charge in [0, 0.05) is 17.1 Å². The zero-order valence-corrected chi connectivity index (χ0v) is 11.6. The first-order valence-electron chi connectivity index (χ1n) is 6.56. The molecule has 0 saturated carbocycles. The number of aromatic amines is 1. The Balaban J connectivity index is 2.11. The molecule has 0 amide bonds. The van der Waals surface area contributed by atoms with E-state index in [0.717, 1.165) is 6.07 Å². The van der Waals surface area contributed by atoms with Gasteiger partial charge in [-0.1, -0.05) is 12.1 Å². The molecule has 0 bridgehead atoms. The number of rotatable bonds is 3. The standard InChI is InChI=1S/C15H10F3N3O2/c16-15(17,18)12-4-8(1-2-9(12)5-13(22)23)10-3-11-7-20-21-14(11)19-6-10/h1-4,6-7H,5H2,(H,22,23)(H,19,20,21). The predicted molar refractivity (Wildman–Crippen MR) is 75.7 cm³/mol. The van der Waals surface area contributed by atoms with E-state index in [1.165, 1.54) is 24.5 Å². The first kappa shape index (κ1) is 15.0. The summed E-state index contributed by atoms with van der Waals surface area (Å²) in [5.41, 5.74) is 0.108. The molecule has 0 atom stereocenters. The van der Waals surface area contributed by atoms with Gasteiger partial charge in [-0.05, 0) is 23.3 Å². The smallest absolute Gasteiger partial charge is 0.416 e. The van der Waals surface area contributed by atoms with Gasteiger partial charge in [-0.15, -0.1) is 0 Å². The second kappa shape index (κ2) is 5.38. The molecule has 8 heteroatoms. The van der Waals surface area contributed by atoms with E-state index in [2.05, 4.69) is 15.2 Å². The number of H-pyrrole nitrogens is 1. The zero-order chi connectivity index (χ0) is 16.6. The molecular weight excluding hydrogens is 311 g/mol. The van der Waals surface area contributed by atoms with Crippen LogP contribution in [-0.2, 0) is 17.4 Å². The Labute approximate surface area is 127 Å². The summed E-state index contributed by atoms with van der Waals surface area (Å²) in [7, 11) is 0.